The fraction of sp³-hybridized carbons (Fsp3) is 0.571. The van der Waals surface area contributed by atoms with E-state index in [-0.39, 0.29) is 0 Å². The minimum Gasteiger partial charge on any atom is -0.381 e. The molecule has 1 N–H and O–H groups in total. The van der Waals surface area contributed by atoms with Crippen LogP contribution < -0.4 is 5.32 Å². The fourth-order valence-corrected chi connectivity index (χ4v) is 3.47. The summed E-state index contributed by atoms with van der Waals surface area (Å²) in [5.74, 6) is 1.18. The molecule has 1 unspecified atom stereocenters. The van der Waals surface area contributed by atoms with Gasteiger partial charge in [0.25, 0.3) is 0 Å². The van der Waals surface area contributed by atoms with Crippen LogP contribution in [-0.4, -0.2) is 32.6 Å². The third-order valence-electron chi connectivity index (χ3n) is 3.38. The van der Waals surface area contributed by atoms with E-state index in [0.717, 1.165) is 19.8 Å². The molecule has 17 heavy (non-hydrogen) atoms. The van der Waals surface area contributed by atoms with Gasteiger partial charge in [0.15, 0.2) is 0 Å². The Morgan fingerprint density at radius 1 is 1.35 bits per heavy atom. The number of hydrogen-bond donors (Lipinski definition) is 1. The number of ether oxygens (including phenoxy) is 1. The number of rotatable bonds is 6. The molecule has 1 fully saturated rings. The second kappa shape index (κ2) is 6.43. The van der Waals surface area contributed by atoms with Crippen LogP contribution in [-0.2, 0) is 4.74 Å². The molecule has 2 rings (SSSR count). The van der Waals surface area contributed by atoms with Crippen LogP contribution in [0.25, 0.3) is 0 Å². The van der Waals surface area contributed by atoms with Crippen molar-refractivity contribution in [2.24, 2.45) is 5.41 Å². The highest BCUT2D eigenvalue weighted by molar-refractivity contribution is 7.99. The molecule has 1 saturated heterocycles. The van der Waals surface area contributed by atoms with Crippen molar-refractivity contribution in [1.29, 1.82) is 0 Å². The van der Waals surface area contributed by atoms with E-state index in [2.05, 4.69) is 35.6 Å². The zero-order valence-electron chi connectivity index (χ0n) is 10.4. The third kappa shape index (κ3) is 3.73. The van der Waals surface area contributed by atoms with Crippen molar-refractivity contribution in [3.05, 3.63) is 30.3 Å². The molecule has 1 aromatic carbocycles. The summed E-state index contributed by atoms with van der Waals surface area (Å²) in [7, 11) is 2.03. The van der Waals surface area contributed by atoms with Crippen LogP contribution in [0.2, 0.25) is 0 Å². The first-order valence-corrected chi connectivity index (χ1v) is 7.23. The molecule has 0 amide bonds. The van der Waals surface area contributed by atoms with Crippen LogP contribution >= 0.6 is 11.8 Å². The number of nitrogens with one attached hydrogen (secondary N) is 1. The van der Waals surface area contributed by atoms with Crippen molar-refractivity contribution in [3.63, 3.8) is 0 Å². The van der Waals surface area contributed by atoms with Gasteiger partial charge in [0, 0.05) is 23.5 Å². The molecule has 1 atom stereocenters. The lowest BCUT2D eigenvalue weighted by molar-refractivity contribution is 0.149. The molecule has 0 aliphatic carbocycles. The molecule has 0 spiro atoms. The molecule has 1 aliphatic heterocycles. The molecule has 3 heteroatoms. The molecule has 1 heterocycles. The quantitative estimate of drug-likeness (QED) is 0.786. The van der Waals surface area contributed by atoms with Crippen LogP contribution in [0.4, 0.5) is 0 Å². The zero-order valence-corrected chi connectivity index (χ0v) is 11.3. The average molecular weight is 251 g/mol. The largest absolute Gasteiger partial charge is 0.381 e. The van der Waals surface area contributed by atoms with E-state index in [9.17, 15) is 0 Å². The van der Waals surface area contributed by atoms with Gasteiger partial charge in [0.1, 0.15) is 0 Å². The van der Waals surface area contributed by atoms with Crippen LogP contribution in [0.1, 0.15) is 12.8 Å². The first kappa shape index (κ1) is 12.9. The van der Waals surface area contributed by atoms with Crippen molar-refractivity contribution >= 4 is 11.8 Å². The fourth-order valence-electron chi connectivity index (χ4n) is 2.35. The van der Waals surface area contributed by atoms with Crippen molar-refractivity contribution < 1.29 is 4.74 Å². The van der Waals surface area contributed by atoms with E-state index in [4.69, 9.17) is 4.74 Å². The molecule has 2 nitrogen and oxygen atoms in total. The molecule has 1 aromatic rings. The maximum absolute atomic E-state index is 5.57. The highest BCUT2D eigenvalue weighted by atomic mass is 32.2. The highest BCUT2D eigenvalue weighted by Crippen LogP contribution is 2.34. The van der Waals surface area contributed by atoms with E-state index in [1.165, 1.54) is 23.5 Å². The summed E-state index contributed by atoms with van der Waals surface area (Å²) in [6, 6.07) is 10.6. The van der Waals surface area contributed by atoms with Crippen LogP contribution in [0.15, 0.2) is 35.2 Å². The zero-order chi connectivity index (χ0) is 12.0. The van der Waals surface area contributed by atoms with Gasteiger partial charge in [0.05, 0.1) is 6.61 Å². The molecular weight excluding hydrogens is 230 g/mol. The molecule has 94 valence electrons. The number of hydrogen-bond acceptors (Lipinski definition) is 3. The van der Waals surface area contributed by atoms with Crippen LogP contribution in [0, 0.1) is 5.41 Å². The SMILES string of the molecule is CNCC1(CCSc2ccccc2)CCOC1. The average Bonchev–Trinajstić information content (AvgIpc) is 2.80. The van der Waals surface area contributed by atoms with Gasteiger partial charge in [-0.25, -0.2) is 0 Å². The van der Waals surface area contributed by atoms with E-state index < -0.39 is 0 Å². The van der Waals surface area contributed by atoms with Gasteiger partial charge >= 0.3 is 0 Å². The van der Waals surface area contributed by atoms with Gasteiger partial charge in [-0.2, -0.15) is 0 Å². The van der Waals surface area contributed by atoms with E-state index >= 15 is 0 Å². The normalized spacial score (nSPS) is 24.1. The van der Waals surface area contributed by atoms with Gasteiger partial charge in [-0.1, -0.05) is 18.2 Å². The van der Waals surface area contributed by atoms with Crippen LogP contribution in [0.3, 0.4) is 0 Å². The predicted molar refractivity (Wildman–Crippen MR) is 73.6 cm³/mol. The van der Waals surface area contributed by atoms with Gasteiger partial charge in [-0.05, 0) is 37.8 Å². The first-order chi connectivity index (χ1) is 8.35. The summed E-state index contributed by atoms with van der Waals surface area (Å²) in [5.41, 5.74) is 0.372. The predicted octanol–water partition coefficient (Wildman–Crippen LogP) is 2.79. The van der Waals surface area contributed by atoms with Crippen molar-refractivity contribution in [2.75, 3.05) is 32.6 Å². The molecular formula is C14H21NOS. The van der Waals surface area contributed by atoms with E-state index in [0.29, 0.717) is 5.41 Å². The van der Waals surface area contributed by atoms with Crippen LogP contribution in [0.5, 0.6) is 0 Å². The minimum absolute atomic E-state index is 0.372. The van der Waals surface area contributed by atoms with Crippen molar-refractivity contribution in [2.45, 2.75) is 17.7 Å². The maximum atomic E-state index is 5.57. The smallest absolute Gasteiger partial charge is 0.0535 e. The topological polar surface area (TPSA) is 21.3 Å². The van der Waals surface area contributed by atoms with E-state index in [1.54, 1.807) is 0 Å². The van der Waals surface area contributed by atoms with Gasteiger partial charge in [-0.3, -0.25) is 0 Å². The second-order valence-corrected chi connectivity index (χ2v) is 5.91. The molecule has 0 bridgehead atoms. The Bertz CT molecular complexity index is 322. The van der Waals surface area contributed by atoms with Crippen molar-refractivity contribution in [1.82, 2.24) is 5.32 Å². The first-order valence-electron chi connectivity index (χ1n) is 6.25. The summed E-state index contributed by atoms with van der Waals surface area (Å²) >= 11 is 1.95. The summed E-state index contributed by atoms with van der Waals surface area (Å²) in [6.07, 6.45) is 2.43. The lowest BCUT2D eigenvalue weighted by Gasteiger charge is -2.26. The Balaban J connectivity index is 1.80. The van der Waals surface area contributed by atoms with Gasteiger partial charge in [0.2, 0.25) is 0 Å². The minimum atomic E-state index is 0.372. The summed E-state index contributed by atoms with van der Waals surface area (Å²) in [6.45, 7) is 2.92. The summed E-state index contributed by atoms with van der Waals surface area (Å²) in [4.78, 5) is 1.37. The molecule has 0 radical (unpaired) electrons. The Morgan fingerprint density at radius 2 is 2.18 bits per heavy atom. The maximum Gasteiger partial charge on any atom is 0.0535 e. The van der Waals surface area contributed by atoms with E-state index in [1.807, 2.05) is 18.8 Å². The monoisotopic (exact) mass is 251 g/mol. The standard InChI is InChI=1S/C14H21NOS/c1-15-11-14(7-9-16-12-14)8-10-17-13-5-3-2-4-6-13/h2-6,15H,7-12H2,1H3. The molecule has 1 aliphatic rings. The Labute approximate surface area is 108 Å². The Kier molecular flexibility index (Phi) is 4.89. The summed E-state index contributed by atoms with van der Waals surface area (Å²) in [5, 5.41) is 3.31. The Hall–Kier alpha value is -0.510. The summed E-state index contributed by atoms with van der Waals surface area (Å²) < 4.78 is 5.57. The van der Waals surface area contributed by atoms with Gasteiger partial charge < -0.3 is 10.1 Å². The lowest BCUT2D eigenvalue weighted by atomic mass is 9.84. The van der Waals surface area contributed by atoms with Crippen molar-refractivity contribution in [3.8, 4) is 0 Å². The number of thioether (sulfide) groups is 1. The Morgan fingerprint density at radius 3 is 2.82 bits per heavy atom. The molecule has 0 saturated carbocycles. The third-order valence-corrected chi connectivity index (χ3v) is 4.39. The lowest BCUT2D eigenvalue weighted by Crippen LogP contribution is -2.33. The number of benzene rings is 1. The van der Waals surface area contributed by atoms with Gasteiger partial charge in [-0.15, -0.1) is 11.8 Å². The highest BCUT2D eigenvalue weighted by Gasteiger charge is 2.33. The second-order valence-electron chi connectivity index (χ2n) is 4.74. The molecule has 0 aromatic heterocycles.